The number of halogens is 1. The van der Waals surface area contributed by atoms with Crippen molar-refractivity contribution in [3.05, 3.63) is 65.2 Å². The molecule has 3 rings (SSSR count). The Morgan fingerprint density at radius 1 is 1.04 bits per heavy atom. The van der Waals surface area contributed by atoms with E-state index in [1.165, 1.54) is 12.8 Å². The molecule has 0 unspecified atom stereocenters. The van der Waals surface area contributed by atoms with Crippen molar-refractivity contribution in [3.8, 4) is 0 Å². The second-order valence-corrected chi connectivity index (χ2v) is 6.36. The Kier molecular flexibility index (Phi) is 5.19. The Labute approximate surface area is 142 Å². The van der Waals surface area contributed by atoms with E-state index in [4.69, 9.17) is 11.6 Å². The molecule has 0 radical (unpaired) electrons. The molecule has 0 spiro atoms. The van der Waals surface area contributed by atoms with Crippen molar-refractivity contribution in [3.63, 3.8) is 0 Å². The predicted octanol–water partition coefficient (Wildman–Crippen LogP) is 5.32. The summed E-state index contributed by atoms with van der Waals surface area (Å²) >= 11 is 6.28. The Balaban J connectivity index is 1.78. The number of hydrogen-bond donors (Lipinski definition) is 1. The molecule has 0 aromatic heterocycles. The summed E-state index contributed by atoms with van der Waals surface area (Å²) in [6.07, 6.45) is 4.49. The monoisotopic (exact) mass is 328 g/mol. The van der Waals surface area contributed by atoms with E-state index in [1.807, 2.05) is 59.5 Å². The lowest BCUT2D eigenvalue weighted by Gasteiger charge is -2.29. The molecule has 1 aliphatic rings. The highest BCUT2D eigenvalue weighted by Crippen LogP contribution is 2.27. The third-order valence-corrected chi connectivity index (χ3v) is 4.72. The van der Waals surface area contributed by atoms with Crippen molar-refractivity contribution in [2.75, 3.05) is 5.32 Å². The zero-order chi connectivity index (χ0) is 16.1. The van der Waals surface area contributed by atoms with Crippen LogP contribution < -0.4 is 5.32 Å². The summed E-state index contributed by atoms with van der Waals surface area (Å²) in [6.45, 7) is 0.545. The average molecular weight is 329 g/mol. The van der Waals surface area contributed by atoms with Crippen LogP contribution >= 0.6 is 11.6 Å². The lowest BCUT2D eigenvalue weighted by atomic mass is 10.1. The summed E-state index contributed by atoms with van der Waals surface area (Å²) in [5.41, 5.74) is 1.81. The third kappa shape index (κ3) is 4.05. The summed E-state index contributed by atoms with van der Waals surface area (Å²) in [6, 6.07) is 17.6. The van der Waals surface area contributed by atoms with Crippen LogP contribution in [-0.2, 0) is 6.54 Å². The number of rotatable bonds is 4. The fourth-order valence-electron chi connectivity index (χ4n) is 3.11. The van der Waals surface area contributed by atoms with Gasteiger partial charge in [0.05, 0.1) is 0 Å². The number of carbonyl (C=O) groups is 1. The first-order valence-corrected chi connectivity index (χ1v) is 8.48. The maximum atomic E-state index is 12.8. The smallest absolute Gasteiger partial charge is 0.317 e. The highest BCUT2D eigenvalue weighted by molar-refractivity contribution is 6.31. The number of urea groups is 1. The molecular formula is C19H21ClN2O. The van der Waals surface area contributed by atoms with Gasteiger partial charge in [0, 0.05) is 23.3 Å². The van der Waals surface area contributed by atoms with Gasteiger partial charge < -0.3 is 10.2 Å². The minimum atomic E-state index is -0.0528. The van der Waals surface area contributed by atoms with Crippen LogP contribution in [0.3, 0.4) is 0 Å². The largest absolute Gasteiger partial charge is 0.322 e. The molecule has 0 atom stereocenters. The summed E-state index contributed by atoms with van der Waals surface area (Å²) in [5, 5.41) is 3.71. The van der Waals surface area contributed by atoms with Crippen LogP contribution in [0.15, 0.2) is 54.6 Å². The topological polar surface area (TPSA) is 32.3 Å². The number of para-hydroxylation sites is 1. The molecule has 2 amide bonds. The van der Waals surface area contributed by atoms with Crippen molar-refractivity contribution >= 4 is 23.3 Å². The minimum absolute atomic E-state index is 0.0528. The Bertz CT molecular complexity index is 653. The molecule has 4 heteroatoms. The number of anilines is 1. The molecule has 1 N–H and O–H groups in total. The molecule has 1 aliphatic carbocycles. The zero-order valence-corrected chi connectivity index (χ0v) is 13.8. The third-order valence-electron chi connectivity index (χ3n) is 4.35. The lowest BCUT2D eigenvalue weighted by molar-refractivity contribution is 0.184. The van der Waals surface area contributed by atoms with Crippen LogP contribution in [0.4, 0.5) is 10.5 Å². The highest BCUT2D eigenvalue weighted by Gasteiger charge is 2.27. The number of hydrogen-bond acceptors (Lipinski definition) is 1. The van der Waals surface area contributed by atoms with Crippen molar-refractivity contribution in [2.24, 2.45) is 0 Å². The summed E-state index contributed by atoms with van der Waals surface area (Å²) in [7, 11) is 0. The Hall–Kier alpha value is -2.00. The first-order valence-electron chi connectivity index (χ1n) is 8.10. The van der Waals surface area contributed by atoms with Crippen molar-refractivity contribution in [1.29, 1.82) is 0 Å². The van der Waals surface area contributed by atoms with Gasteiger partial charge in [-0.05, 0) is 36.6 Å². The average Bonchev–Trinajstić information content (AvgIpc) is 3.09. The van der Waals surface area contributed by atoms with Gasteiger partial charge in [0.1, 0.15) is 0 Å². The van der Waals surface area contributed by atoms with Gasteiger partial charge in [0.15, 0.2) is 0 Å². The normalized spacial score (nSPS) is 14.7. The molecule has 2 aromatic rings. The van der Waals surface area contributed by atoms with E-state index in [2.05, 4.69) is 5.32 Å². The molecule has 3 nitrogen and oxygen atoms in total. The van der Waals surface area contributed by atoms with Crippen molar-refractivity contribution < 1.29 is 4.79 Å². The molecule has 0 saturated heterocycles. The van der Waals surface area contributed by atoms with Gasteiger partial charge in [-0.3, -0.25) is 0 Å². The second kappa shape index (κ2) is 7.51. The van der Waals surface area contributed by atoms with Gasteiger partial charge in [0.2, 0.25) is 0 Å². The van der Waals surface area contributed by atoms with Gasteiger partial charge in [-0.1, -0.05) is 60.8 Å². The first kappa shape index (κ1) is 15.9. The quantitative estimate of drug-likeness (QED) is 0.809. The maximum absolute atomic E-state index is 12.8. The highest BCUT2D eigenvalue weighted by atomic mass is 35.5. The van der Waals surface area contributed by atoms with E-state index < -0.39 is 0 Å². The molecule has 0 bridgehead atoms. The number of nitrogens with one attached hydrogen (secondary N) is 1. The molecule has 1 fully saturated rings. The number of carbonyl (C=O) groups excluding carboxylic acids is 1. The van der Waals surface area contributed by atoms with Gasteiger partial charge >= 0.3 is 6.03 Å². The fourth-order valence-corrected chi connectivity index (χ4v) is 3.31. The lowest BCUT2D eigenvalue weighted by Crippen LogP contribution is -2.41. The van der Waals surface area contributed by atoms with Gasteiger partial charge in [0.25, 0.3) is 0 Å². The number of nitrogens with zero attached hydrogens (tertiary/aromatic N) is 1. The molecule has 2 aromatic carbocycles. The van der Waals surface area contributed by atoms with E-state index in [9.17, 15) is 4.79 Å². The van der Waals surface area contributed by atoms with Crippen molar-refractivity contribution in [1.82, 2.24) is 4.90 Å². The standard InChI is InChI=1S/C19H21ClN2O/c20-18-13-7-4-8-15(18)14-22(17-11-5-6-12-17)19(23)21-16-9-2-1-3-10-16/h1-4,7-10,13,17H,5-6,11-12,14H2,(H,21,23). The maximum Gasteiger partial charge on any atom is 0.322 e. The van der Waals surface area contributed by atoms with E-state index in [-0.39, 0.29) is 12.1 Å². The number of benzene rings is 2. The first-order chi connectivity index (χ1) is 11.2. The van der Waals surface area contributed by atoms with Gasteiger partial charge in [-0.15, -0.1) is 0 Å². The molecule has 120 valence electrons. The number of amides is 2. The predicted molar refractivity (Wildman–Crippen MR) is 94.7 cm³/mol. The molecule has 0 heterocycles. The summed E-state index contributed by atoms with van der Waals surface area (Å²) in [4.78, 5) is 14.7. The van der Waals surface area contributed by atoms with E-state index in [1.54, 1.807) is 0 Å². The molecule has 0 aliphatic heterocycles. The zero-order valence-electron chi connectivity index (χ0n) is 13.0. The van der Waals surface area contributed by atoms with Crippen LogP contribution in [-0.4, -0.2) is 17.0 Å². The van der Waals surface area contributed by atoms with Crippen LogP contribution in [0.1, 0.15) is 31.2 Å². The van der Waals surface area contributed by atoms with Crippen LogP contribution in [0, 0.1) is 0 Å². The second-order valence-electron chi connectivity index (χ2n) is 5.95. The molecule has 23 heavy (non-hydrogen) atoms. The summed E-state index contributed by atoms with van der Waals surface area (Å²) in [5.74, 6) is 0. The molecular weight excluding hydrogens is 308 g/mol. The molecule has 1 saturated carbocycles. The van der Waals surface area contributed by atoms with Crippen LogP contribution in [0.2, 0.25) is 5.02 Å². The fraction of sp³-hybridized carbons (Fsp3) is 0.316. The van der Waals surface area contributed by atoms with Gasteiger partial charge in [-0.25, -0.2) is 4.79 Å². The van der Waals surface area contributed by atoms with Crippen LogP contribution in [0.5, 0.6) is 0 Å². The van der Waals surface area contributed by atoms with Crippen LogP contribution in [0.25, 0.3) is 0 Å². The van der Waals surface area contributed by atoms with Crippen molar-refractivity contribution in [2.45, 2.75) is 38.3 Å². The Morgan fingerprint density at radius 3 is 2.39 bits per heavy atom. The minimum Gasteiger partial charge on any atom is -0.317 e. The van der Waals surface area contributed by atoms with E-state index in [0.717, 1.165) is 24.1 Å². The van der Waals surface area contributed by atoms with Gasteiger partial charge in [-0.2, -0.15) is 0 Å². The van der Waals surface area contributed by atoms with E-state index in [0.29, 0.717) is 11.6 Å². The Morgan fingerprint density at radius 2 is 1.70 bits per heavy atom. The summed E-state index contributed by atoms with van der Waals surface area (Å²) < 4.78 is 0. The van der Waals surface area contributed by atoms with E-state index >= 15 is 0 Å². The SMILES string of the molecule is O=C(Nc1ccccc1)N(Cc1ccccc1Cl)C1CCCC1.